The minimum absolute atomic E-state index is 0.0483. The first-order valence-electron chi connectivity index (χ1n) is 12.2. The number of anilines is 2. The lowest BCUT2D eigenvalue weighted by atomic mass is 9.96. The Hall–Kier alpha value is -3.89. The number of hydrogen-bond donors (Lipinski definition) is 4. The highest BCUT2D eigenvalue weighted by Crippen LogP contribution is 2.31. The molecule has 1 aliphatic heterocycles. The molecule has 3 aromatic rings. The van der Waals surface area contributed by atoms with Crippen LogP contribution in [0.5, 0.6) is 0 Å². The second-order valence-corrected chi connectivity index (χ2v) is 10.1. The number of carbonyl (C=O) groups excluding carboxylic acids is 1. The Morgan fingerprint density at radius 3 is 2.51 bits per heavy atom. The van der Waals surface area contributed by atoms with Crippen molar-refractivity contribution in [2.45, 2.75) is 64.0 Å². The highest BCUT2D eigenvalue weighted by atomic mass is 19.4. The summed E-state index contributed by atoms with van der Waals surface area (Å²) in [5.74, 6) is 0.265. The maximum Gasteiger partial charge on any atom is 0.407 e. The van der Waals surface area contributed by atoms with E-state index in [1.165, 1.54) is 30.5 Å². The van der Waals surface area contributed by atoms with E-state index in [4.69, 9.17) is 20.5 Å². The SMILES string of the molecule is CC(C)(C)OC(=O)C1CCC(CC#N)CO1.NC(c1ccc(Nc2n[nH]c3cc[nH]c(=O)c23)cc1)C(F)(F)F. The summed E-state index contributed by atoms with van der Waals surface area (Å²) in [5, 5.41) is 18.5. The van der Waals surface area contributed by atoms with Crippen molar-refractivity contribution in [3.63, 3.8) is 0 Å². The lowest BCUT2D eigenvalue weighted by Gasteiger charge is -2.29. The molecule has 1 aliphatic rings. The molecule has 0 bridgehead atoms. The Morgan fingerprint density at radius 2 is 1.95 bits per heavy atom. The van der Waals surface area contributed by atoms with Gasteiger partial charge in [0.05, 0.1) is 18.2 Å². The molecular weight excluding hydrogens is 517 g/mol. The van der Waals surface area contributed by atoms with Crippen molar-refractivity contribution in [2.24, 2.45) is 11.7 Å². The second kappa shape index (κ2) is 12.3. The van der Waals surface area contributed by atoms with Gasteiger partial charge in [-0.15, -0.1) is 0 Å². The van der Waals surface area contributed by atoms with Crippen molar-refractivity contribution in [3.05, 3.63) is 52.4 Å². The minimum Gasteiger partial charge on any atom is -0.458 e. The Morgan fingerprint density at radius 1 is 1.26 bits per heavy atom. The Balaban J connectivity index is 0.000000231. The number of hydrogen-bond acceptors (Lipinski definition) is 8. The molecule has 0 saturated carbocycles. The molecular formula is C26H31F3N6O4. The number of esters is 1. The van der Waals surface area contributed by atoms with Gasteiger partial charge in [-0.05, 0) is 63.3 Å². The first kappa shape index (κ1) is 29.7. The lowest BCUT2D eigenvalue weighted by Crippen LogP contribution is -2.37. The zero-order valence-electron chi connectivity index (χ0n) is 21.8. The highest BCUT2D eigenvalue weighted by molar-refractivity contribution is 5.90. The molecule has 3 unspecified atom stereocenters. The maximum atomic E-state index is 12.6. The van der Waals surface area contributed by atoms with E-state index in [1.807, 2.05) is 20.8 Å². The highest BCUT2D eigenvalue weighted by Gasteiger charge is 2.37. The number of ether oxygens (including phenoxy) is 2. The summed E-state index contributed by atoms with van der Waals surface area (Å²) in [6.45, 7) is 6.00. The third-order valence-electron chi connectivity index (χ3n) is 5.79. The van der Waals surface area contributed by atoms with Crippen LogP contribution >= 0.6 is 0 Å². The first-order chi connectivity index (χ1) is 18.3. The fraction of sp³-hybridized carbons (Fsp3) is 0.462. The number of nitrogens with two attached hydrogens (primary N) is 1. The van der Waals surface area contributed by atoms with Crippen LogP contribution in [0.2, 0.25) is 0 Å². The molecule has 3 atom stereocenters. The number of nitrogens with one attached hydrogen (secondary N) is 3. The van der Waals surface area contributed by atoms with E-state index in [2.05, 4.69) is 26.6 Å². The van der Waals surface area contributed by atoms with Gasteiger partial charge in [-0.2, -0.15) is 23.5 Å². The van der Waals surface area contributed by atoms with Crippen LogP contribution in [0.3, 0.4) is 0 Å². The van der Waals surface area contributed by atoms with Gasteiger partial charge in [-0.3, -0.25) is 9.89 Å². The summed E-state index contributed by atoms with van der Waals surface area (Å²) < 4.78 is 48.4. The molecule has 1 saturated heterocycles. The molecule has 39 heavy (non-hydrogen) atoms. The van der Waals surface area contributed by atoms with Gasteiger partial charge in [0.15, 0.2) is 11.9 Å². The molecule has 1 fully saturated rings. The monoisotopic (exact) mass is 548 g/mol. The predicted octanol–water partition coefficient (Wildman–Crippen LogP) is 4.59. The van der Waals surface area contributed by atoms with Gasteiger partial charge in [-0.25, -0.2) is 4.79 Å². The normalized spacial score (nSPS) is 18.4. The van der Waals surface area contributed by atoms with Crippen molar-refractivity contribution in [1.82, 2.24) is 15.2 Å². The van der Waals surface area contributed by atoms with Gasteiger partial charge < -0.3 is 25.5 Å². The van der Waals surface area contributed by atoms with E-state index in [0.717, 1.165) is 6.42 Å². The number of carbonyl (C=O) groups is 1. The van der Waals surface area contributed by atoms with E-state index in [-0.39, 0.29) is 28.8 Å². The van der Waals surface area contributed by atoms with Crippen LogP contribution in [-0.2, 0) is 14.3 Å². The fourth-order valence-corrected chi connectivity index (χ4v) is 3.82. The zero-order valence-corrected chi connectivity index (χ0v) is 21.8. The molecule has 4 rings (SSSR count). The summed E-state index contributed by atoms with van der Waals surface area (Å²) in [5.41, 5.74) is 5.34. The lowest BCUT2D eigenvalue weighted by molar-refractivity contribution is -0.173. The van der Waals surface area contributed by atoms with Crippen LogP contribution in [0.25, 0.3) is 10.9 Å². The average Bonchev–Trinajstić information content (AvgIpc) is 3.27. The smallest absolute Gasteiger partial charge is 0.407 e. The Labute approximate surface area is 222 Å². The van der Waals surface area contributed by atoms with Gasteiger partial charge in [0.1, 0.15) is 17.0 Å². The second-order valence-electron chi connectivity index (χ2n) is 10.1. The largest absolute Gasteiger partial charge is 0.458 e. The van der Waals surface area contributed by atoms with E-state index < -0.39 is 23.9 Å². The molecule has 0 aliphatic carbocycles. The van der Waals surface area contributed by atoms with Crippen LogP contribution < -0.4 is 16.6 Å². The summed E-state index contributed by atoms with van der Waals surface area (Å²) in [6.07, 6.45) is -1.45. The number of aromatic nitrogens is 3. The molecule has 0 radical (unpaired) electrons. The van der Waals surface area contributed by atoms with Crippen molar-refractivity contribution in [1.29, 1.82) is 5.26 Å². The number of rotatable bonds is 5. The summed E-state index contributed by atoms with van der Waals surface area (Å²) >= 11 is 0. The van der Waals surface area contributed by atoms with Crippen LogP contribution in [0.1, 0.15) is 51.6 Å². The standard InChI is InChI=1S/C14H12F3N5O.C12H19NO3/c15-14(16,17)11(18)7-1-3-8(4-2-7)20-12-10-9(21-22-12)5-6-19-13(10)23;1-12(2,3)16-11(14)10-5-4-9(6-7-13)8-15-10/h1-6,11H,18H2,(H,19,23)(H2,20,21,22);9-10H,4-6,8H2,1-3H3. The van der Waals surface area contributed by atoms with Crippen LogP contribution in [0, 0.1) is 17.2 Å². The number of alkyl halides is 3. The third kappa shape index (κ3) is 8.30. The number of H-pyrrole nitrogens is 2. The molecule has 3 heterocycles. The minimum atomic E-state index is -4.50. The maximum absolute atomic E-state index is 12.6. The van der Waals surface area contributed by atoms with Gasteiger partial charge >= 0.3 is 12.1 Å². The number of nitrogens with zero attached hydrogens (tertiary/aromatic N) is 2. The summed E-state index contributed by atoms with van der Waals surface area (Å²) in [6, 6.07) is 7.18. The van der Waals surface area contributed by atoms with E-state index in [1.54, 1.807) is 6.07 Å². The summed E-state index contributed by atoms with van der Waals surface area (Å²) in [7, 11) is 0. The Kier molecular flexibility index (Phi) is 9.36. The molecule has 1 aromatic carbocycles. The van der Waals surface area contributed by atoms with Gasteiger partial charge in [0.2, 0.25) is 0 Å². The average molecular weight is 549 g/mol. The van der Waals surface area contributed by atoms with Crippen molar-refractivity contribution >= 4 is 28.4 Å². The molecule has 13 heteroatoms. The third-order valence-corrected chi connectivity index (χ3v) is 5.79. The predicted molar refractivity (Wildman–Crippen MR) is 138 cm³/mol. The van der Waals surface area contributed by atoms with E-state index >= 15 is 0 Å². The summed E-state index contributed by atoms with van der Waals surface area (Å²) in [4.78, 5) is 26.0. The molecule has 10 nitrogen and oxygen atoms in total. The number of aromatic amines is 2. The van der Waals surface area contributed by atoms with E-state index in [0.29, 0.717) is 36.0 Å². The zero-order chi connectivity index (χ0) is 28.8. The number of benzene rings is 1. The molecule has 5 N–H and O–H groups in total. The van der Waals surface area contributed by atoms with Crippen LogP contribution in [0.4, 0.5) is 24.7 Å². The van der Waals surface area contributed by atoms with E-state index in [9.17, 15) is 22.8 Å². The number of nitriles is 1. The molecule has 210 valence electrons. The topological polar surface area (TPSA) is 159 Å². The first-order valence-corrected chi connectivity index (χ1v) is 12.2. The van der Waals surface area contributed by atoms with Crippen LogP contribution in [-0.4, -0.2) is 45.6 Å². The quantitative estimate of drug-likeness (QED) is 0.337. The Bertz CT molecular complexity index is 1350. The number of fused-ring (bicyclic) bond motifs is 1. The van der Waals surface area contributed by atoms with Gasteiger partial charge in [-0.1, -0.05) is 12.1 Å². The van der Waals surface area contributed by atoms with Gasteiger partial charge in [0.25, 0.3) is 5.56 Å². The van der Waals surface area contributed by atoms with Crippen molar-refractivity contribution in [2.75, 3.05) is 11.9 Å². The molecule has 0 spiro atoms. The number of pyridine rings is 1. The van der Waals surface area contributed by atoms with Gasteiger partial charge in [0, 0.05) is 18.3 Å². The molecule has 0 amide bonds. The van der Waals surface area contributed by atoms with Crippen molar-refractivity contribution < 1.29 is 27.4 Å². The van der Waals surface area contributed by atoms with Crippen LogP contribution in [0.15, 0.2) is 41.3 Å². The fourth-order valence-electron chi connectivity index (χ4n) is 3.82. The number of halogens is 3. The molecule has 2 aromatic heterocycles. The van der Waals surface area contributed by atoms with Crippen molar-refractivity contribution in [3.8, 4) is 6.07 Å².